The van der Waals surface area contributed by atoms with Gasteiger partial charge in [0.25, 0.3) is 9.05 Å². The molecule has 1 aromatic carbocycles. The van der Waals surface area contributed by atoms with Crippen LogP contribution in [0.3, 0.4) is 0 Å². The third kappa shape index (κ3) is 2.65. The zero-order valence-corrected chi connectivity index (χ0v) is 10.7. The number of hydrogen-bond acceptors (Lipinski definition) is 5. The Morgan fingerprint density at radius 3 is 2.41 bits per heavy atom. The number of ether oxygens (including phenoxy) is 3. The van der Waals surface area contributed by atoms with Crippen molar-refractivity contribution in [3.63, 3.8) is 0 Å². The van der Waals surface area contributed by atoms with E-state index in [0.29, 0.717) is 30.3 Å². The molecular formula is C10H11ClO5S. The Balaban J connectivity index is 2.56. The van der Waals surface area contributed by atoms with Gasteiger partial charge < -0.3 is 14.2 Å². The van der Waals surface area contributed by atoms with Crippen molar-refractivity contribution in [2.45, 2.75) is 11.5 Å². The van der Waals surface area contributed by atoms with Gasteiger partial charge in [-0.2, -0.15) is 0 Å². The minimum atomic E-state index is -3.83. The quantitative estimate of drug-likeness (QED) is 0.785. The van der Waals surface area contributed by atoms with Crippen LogP contribution in [-0.2, 0) is 20.4 Å². The second kappa shape index (κ2) is 4.72. The summed E-state index contributed by atoms with van der Waals surface area (Å²) < 4.78 is 38.5. The standard InChI is InChI=1S/C10H11ClO5S/c1-14-6-7-4-8-9(16-3-2-15-8)5-10(7)17(11,12)13/h4-5H,2-3,6H2,1H3. The van der Waals surface area contributed by atoms with Gasteiger partial charge in [-0.1, -0.05) is 0 Å². The van der Waals surface area contributed by atoms with E-state index in [1.54, 1.807) is 6.07 Å². The number of hydrogen-bond donors (Lipinski definition) is 0. The zero-order chi connectivity index (χ0) is 12.5. The Bertz CT molecular complexity index is 526. The smallest absolute Gasteiger partial charge is 0.261 e. The van der Waals surface area contributed by atoms with Gasteiger partial charge in [-0.3, -0.25) is 0 Å². The van der Waals surface area contributed by atoms with E-state index >= 15 is 0 Å². The minimum Gasteiger partial charge on any atom is -0.486 e. The van der Waals surface area contributed by atoms with Crippen molar-refractivity contribution < 1.29 is 22.6 Å². The first kappa shape index (κ1) is 12.5. The molecule has 0 atom stereocenters. The highest BCUT2D eigenvalue weighted by atomic mass is 35.7. The molecule has 2 rings (SSSR count). The average Bonchev–Trinajstić information content (AvgIpc) is 2.27. The van der Waals surface area contributed by atoms with Crippen LogP contribution in [0.25, 0.3) is 0 Å². The summed E-state index contributed by atoms with van der Waals surface area (Å²) >= 11 is 0. The normalized spacial score (nSPS) is 14.7. The van der Waals surface area contributed by atoms with Crippen LogP contribution in [0.5, 0.6) is 11.5 Å². The molecule has 5 nitrogen and oxygen atoms in total. The number of benzene rings is 1. The Morgan fingerprint density at radius 2 is 1.88 bits per heavy atom. The first-order chi connectivity index (χ1) is 8.02. The maximum absolute atomic E-state index is 11.4. The minimum absolute atomic E-state index is 0.00901. The highest BCUT2D eigenvalue weighted by Gasteiger charge is 2.22. The number of rotatable bonds is 3. The molecule has 1 aliphatic heterocycles. The SMILES string of the molecule is COCc1cc2c(cc1S(=O)(=O)Cl)OCCO2. The molecule has 1 aromatic rings. The predicted octanol–water partition coefficient (Wildman–Crippen LogP) is 1.53. The van der Waals surface area contributed by atoms with Crippen LogP contribution in [0.2, 0.25) is 0 Å². The molecule has 0 spiro atoms. The van der Waals surface area contributed by atoms with Crippen LogP contribution in [0.1, 0.15) is 5.56 Å². The lowest BCUT2D eigenvalue weighted by Gasteiger charge is -2.20. The molecule has 0 unspecified atom stereocenters. The first-order valence-corrected chi connectivity index (χ1v) is 7.19. The van der Waals surface area contributed by atoms with Gasteiger partial charge in [0, 0.05) is 29.4 Å². The molecule has 1 aliphatic rings. The van der Waals surface area contributed by atoms with E-state index in [4.69, 9.17) is 24.9 Å². The highest BCUT2D eigenvalue weighted by molar-refractivity contribution is 8.13. The molecule has 0 radical (unpaired) electrons. The summed E-state index contributed by atoms with van der Waals surface area (Å²) in [5, 5.41) is 0. The third-order valence-electron chi connectivity index (χ3n) is 2.29. The van der Waals surface area contributed by atoms with E-state index in [-0.39, 0.29) is 11.5 Å². The number of methoxy groups -OCH3 is 1. The molecular weight excluding hydrogens is 268 g/mol. The largest absolute Gasteiger partial charge is 0.486 e. The third-order valence-corrected chi connectivity index (χ3v) is 3.69. The molecule has 0 amide bonds. The Morgan fingerprint density at radius 1 is 1.29 bits per heavy atom. The van der Waals surface area contributed by atoms with E-state index in [9.17, 15) is 8.42 Å². The van der Waals surface area contributed by atoms with E-state index in [1.807, 2.05) is 0 Å². The molecule has 0 saturated heterocycles. The molecule has 0 bridgehead atoms. The van der Waals surface area contributed by atoms with E-state index in [1.165, 1.54) is 13.2 Å². The summed E-state index contributed by atoms with van der Waals surface area (Å²) in [6, 6.07) is 2.94. The Kier molecular flexibility index (Phi) is 3.46. The van der Waals surface area contributed by atoms with Crippen LogP contribution >= 0.6 is 10.7 Å². The fourth-order valence-corrected chi connectivity index (χ4v) is 2.72. The van der Waals surface area contributed by atoms with Crippen LogP contribution in [0, 0.1) is 0 Å². The second-order valence-electron chi connectivity index (χ2n) is 3.47. The van der Waals surface area contributed by atoms with Crippen molar-refractivity contribution in [2.24, 2.45) is 0 Å². The maximum atomic E-state index is 11.4. The molecule has 1 heterocycles. The second-order valence-corrected chi connectivity index (χ2v) is 6.01. The molecule has 0 aromatic heterocycles. The Hall–Kier alpha value is -0.980. The van der Waals surface area contributed by atoms with Crippen molar-refractivity contribution in [3.8, 4) is 11.5 Å². The molecule has 0 fully saturated rings. The molecule has 17 heavy (non-hydrogen) atoms. The lowest BCUT2D eigenvalue weighted by Crippen LogP contribution is -2.16. The highest BCUT2D eigenvalue weighted by Crippen LogP contribution is 2.36. The van der Waals surface area contributed by atoms with Crippen molar-refractivity contribution in [3.05, 3.63) is 17.7 Å². The number of halogens is 1. The average molecular weight is 279 g/mol. The van der Waals surface area contributed by atoms with Gasteiger partial charge in [-0.25, -0.2) is 8.42 Å². The fourth-order valence-electron chi connectivity index (χ4n) is 1.61. The van der Waals surface area contributed by atoms with Crippen LogP contribution in [-0.4, -0.2) is 28.7 Å². The predicted molar refractivity (Wildman–Crippen MR) is 61.2 cm³/mol. The number of fused-ring (bicyclic) bond motifs is 1. The van der Waals surface area contributed by atoms with E-state index in [0.717, 1.165) is 0 Å². The monoisotopic (exact) mass is 278 g/mol. The summed E-state index contributed by atoms with van der Waals surface area (Å²) in [6.45, 7) is 0.961. The van der Waals surface area contributed by atoms with Crippen molar-refractivity contribution in [1.29, 1.82) is 0 Å². The van der Waals surface area contributed by atoms with Gasteiger partial charge in [-0.05, 0) is 6.07 Å². The summed E-state index contributed by atoms with van der Waals surface area (Å²) in [4.78, 5) is -0.00901. The summed E-state index contributed by atoms with van der Waals surface area (Å²) in [5.74, 6) is 0.891. The van der Waals surface area contributed by atoms with Crippen molar-refractivity contribution in [2.75, 3.05) is 20.3 Å². The van der Waals surface area contributed by atoms with Crippen LogP contribution in [0.15, 0.2) is 17.0 Å². The van der Waals surface area contributed by atoms with E-state index in [2.05, 4.69) is 0 Å². The van der Waals surface area contributed by atoms with Gasteiger partial charge in [0.05, 0.1) is 11.5 Å². The molecule has 0 saturated carbocycles. The van der Waals surface area contributed by atoms with Gasteiger partial charge >= 0.3 is 0 Å². The summed E-state index contributed by atoms with van der Waals surface area (Å²) in [5.41, 5.74) is 0.451. The van der Waals surface area contributed by atoms with Gasteiger partial charge in [0.2, 0.25) is 0 Å². The zero-order valence-electron chi connectivity index (χ0n) is 9.10. The summed E-state index contributed by atoms with van der Waals surface area (Å²) in [6.07, 6.45) is 0. The fraction of sp³-hybridized carbons (Fsp3) is 0.400. The van der Waals surface area contributed by atoms with Gasteiger partial charge in [-0.15, -0.1) is 0 Å². The van der Waals surface area contributed by atoms with Gasteiger partial charge in [0.1, 0.15) is 13.2 Å². The first-order valence-electron chi connectivity index (χ1n) is 4.88. The van der Waals surface area contributed by atoms with Crippen molar-refractivity contribution >= 4 is 19.7 Å². The molecule has 0 N–H and O–H groups in total. The maximum Gasteiger partial charge on any atom is 0.261 e. The Labute approximate surface area is 104 Å². The van der Waals surface area contributed by atoms with Crippen molar-refractivity contribution in [1.82, 2.24) is 0 Å². The topological polar surface area (TPSA) is 61.8 Å². The molecule has 0 aliphatic carbocycles. The molecule has 94 valence electrons. The van der Waals surface area contributed by atoms with E-state index < -0.39 is 9.05 Å². The summed E-state index contributed by atoms with van der Waals surface area (Å²) in [7, 11) is 3.00. The van der Waals surface area contributed by atoms with Gasteiger partial charge in [0.15, 0.2) is 11.5 Å². The van der Waals surface area contributed by atoms with Crippen LogP contribution in [0.4, 0.5) is 0 Å². The van der Waals surface area contributed by atoms with Crippen LogP contribution < -0.4 is 9.47 Å². The lowest BCUT2D eigenvalue weighted by molar-refractivity contribution is 0.166. The lowest BCUT2D eigenvalue weighted by atomic mass is 10.2. The molecule has 7 heteroatoms.